The third-order valence-corrected chi connectivity index (χ3v) is 4.26. The molecular formula is C13H18N4O2S. The number of carbonyl (C=O) groups excluding carboxylic acids is 1. The number of fused-ring (bicyclic) bond motifs is 1. The minimum absolute atomic E-state index is 0.0211. The Morgan fingerprint density at radius 3 is 3.00 bits per heavy atom. The highest BCUT2D eigenvalue weighted by Crippen LogP contribution is 2.19. The third kappa shape index (κ3) is 3.23. The number of unbranched alkanes of at least 4 members (excludes halogenated alkanes) is 2. The summed E-state index contributed by atoms with van der Waals surface area (Å²) in [5, 5.41) is 1.95. The van der Waals surface area contributed by atoms with Crippen molar-refractivity contribution in [1.29, 1.82) is 0 Å². The summed E-state index contributed by atoms with van der Waals surface area (Å²) < 4.78 is 2.36. The molecule has 0 aliphatic rings. The van der Waals surface area contributed by atoms with Crippen LogP contribution in [0.1, 0.15) is 31.2 Å². The van der Waals surface area contributed by atoms with E-state index in [9.17, 15) is 9.59 Å². The number of hydrazine groups is 1. The van der Waals surface area contributed by atoms with E-state index in [0.29, 0.717) is 17.7 Å². The summed E-state index contributed by atoms with van der Waals surface area (Å²) in [5.41, 5.74) is 3.97. The molecule has 0 atom stereocenters. The zero-order valence-corrected chi connectivity index (χ0v) is 12.2. The molecule has 0 aliphatic carbocycles. The van der Waals surface area contributed by atoms with Crippen LogP contribution in [0.3, 0.4) is 0 Å². The zero-order valence-electron chi connectivity index (χ0n) is 11.4. The van der Waals surface area contributed by atoms with E-state index in [1.165, 1.54) is 11.3 Å². The van der Waals surface area contributed by atoms with Crippen molar-refractivity contribution in [3.05, 3.63) is 27.6 Å². The van der Waals surface area contributed by atoms with E-state index in [4.69, 9.17) is 5.84 Å². The largest absolute Gasteiger partial charge is 0.298 e. The summed E-state index contributed by atoms with van der Waals surface area (Å²) in [6.45, 7) is 2.58. The Labute approximate surface area is 120 Å². The normalized spacial score (nSPS) is 10.9. The average Bonchev–Trinajstić information content (AvgIpc) is 2.83. The second kappa shape index (κ2) is 6.62. The number of aromatic nitrogens is 2. The van der Waals surface area contributed by atoms with Gasteiger partial charge in [-0.15, -0.1) is 11.3 Å². The maximum absolute atomic E-state index is 12.2. The molecule has 0 aromatic carbocycles. The lowest BCUT2D eigenvalue weighted by Gasteiger charge is -2.05. The molecule has 0 spiro atoms. The van der Waals surface area contributed by atoms with E-state index in [-0.39, 0.29) is 11.5 Å². The van der Waals surface area contributed by atoms with E-state index >= 15 is 0 Å². The van der Waals surface area contributed by atoms with Gasteiger partial charge in [-0.2, -0.15) is 0 Å². The Morgan fingerprint density at radius 2 is 2.25 bits per heavy atom. The van der Waals surface area contributed by atoms with Crippen LogP contribution in [0.25, 0.3) is 10.2 Å². The lowest BCUT2D eigenvalue weighted by molar-refractivity contribution is -0.121. The fourth-order valence-electron chi connectivity index (χ4n) is 2.04. The molecule has 0 aliphatic heterocycles. The first-order valence-corrected chi connectivity index (χ1v) is 7.44. The highest BCUT2D eigenvalue weighted by Gasteiger charge is 2.08. The molecule has 7 heteroatoms. The van der Waals surface area contributed by atoms with Gasteiger partial charge >= 0.3 is 0 Å². The monoisotopic (exact) mass is 294 g/mol. The van der Waals surface area contributed by atoms with E-state index < -0.39 is 0 Å². The number of hydrogen-bond donors (Lipinski definition) is 2. The molecule has 0 saturated carbocycles. The van der Waals surface area contributed by atoms with Crippen LogP contribution in [0, 0.1) is 6.92 Å². The number of nitrogens with two attached hydrogens (primary N) is 1. The van der Waals surface area contributed by atoms with Gasteiger partial charge in [-0.1, -0.05) is 6.42 Å². The van der Waals surface area contributed by atoms with Gasteiger partial charge in [0.15, 0.2) is 0 Å². The molecule has 0 unspecified atom stereocenters. The lowest BCUT2D eigenvalue weighted by Crippen LogP contribution is -2.29. The van der Waals surface area contributed by atoms with Gasteiger partial charge in [-0.05, 0) is 30.7 Å². The first kappa shape index (κ1) is 14.7. The molecule has 2 aromatic heterocycles. The molecule has 2 rings (SSSR count). The lowest BCUT2D eigenvalue weighted by atomic mass is 10.2. The number of thiophene rings is 1. The van der Waals surface area contributed by atoms with Crippen molar-refractivity contribution in [2.45, 2.75) is 39.2 Å². The Hall–Kier alpha value is -1.73. The molecule has 2 heterocycles. The van der Waals surface area contributed by atoms with Crippen molar-refractivity contribution >= 4 is 27.5 Å². The number of carbonyl (C=O) groups is 1. The van der Waals surface area contributed by atoms with Gasteiger partial charge in [0.1, 0.15) is 4.70 Å². The van der Waals surface area contributed by atoms with Crippen molar-refractivity contribution < 1.29 is 4.79 Å². The molecular weight excluding hydrogens is 276 g/mol. The summed E-state index contributed by atoms with van der Waals surface area (Å²) >= 11 is 1.44. The topological polar surface area (TPSA) is 90.0 Å². The van der Waals surface area contributed by atoms with Gasteiger partial charge in [-0.3, -0.25) is 19.6 Å². The van der Waals surface area contributed by atoms with Crippen LogP contribution in [0.4, 0.5) is 0 Å². The van der Waals surface area contributed by atoms with Gasteiger partial charge in [-0.25, -0.2) is 10.8 Å². The predicted octanol–water partition coefficient (Wildman–Crippen LogP) is 1.32. The van der Waals surface area contributed by atoms with Crippen LogP contribution >= 0.6 is 11.3 Å². The van der Waals surface area contributed by atoms with Gasteiger partial charge in [0.2, 0.25) is 5.91 Å². The van der Waals surface area contributed by atoms with Crippen molar-refractivity contribution in [3.8, 4) is 0 Å². The summed E-state index contributed by atoms with van der Waals surface area (Å²) in [6, 6.07) is 0. The Kier molecular flexibility index (Phi) is 4.86. The van der Waals surface area contributed by atoms with Gasteiger partial charge in [0.25, 0.3) is 5.56 Å². The highest BCUT2D eigenvalue weighted by molar-refractivity contribution is 7.17. The zero-order chi connectivity index (χ0) is 14.5. The quantitative estimate of drug-likeness (QED) is 0.364. The number of hydrogen-bond acceptors (Lipinski definition) is 5. The smallest absolute Gasteiger partial charge is 0.271 e. The molecule has 0 saturated heterocycles. The molecule has 3 N–H and O–H groups in total. The first-order chi connectivity index (χ1) is 9.63. The highest BCUT2D eigenvalue weighted by atomic mass is 32.1. The summed E-state index contributed by atoms with van der Waals surface area (Å²) in [5.74, 6) is 4.85. The van der Waals surface area contributed by atoms with Crippen molar-refractivity contribution in [2.75, 3.05) is 0 Å². The Bertz CT molecular complexity index is 662. The van der Waals surface area contributed by atoms with Crippen LogP contribution in [-0.4, -0.2) is 15.5 Å². The van der Waals surface area contributed by atoms with E-state index in [2.05, 4.69) is 10.4 Å². The number of nitrogens with zero attached hydrogens (tertiary/aromatic N) is 2. The Balaban J connectivity index is 1.92. The van der Waals surface area contributed by atoms with E-state index in [1.54, 1.807) is 10.9 Å². The number of nitrogens with one attached hydrogen (secondary N) is 1. The molecule has 1 amide bonds. The van der Waals surface area contributed by atoms with Crippen LogP contribution in [0.5, 0.6) is 0 Å². The fourth-order valence-corrected chi connectivity index (χ4v) is 2.99. The maximum atomic E-state index is 12.2. The van der Waals surface area contributed by atoms with E-state index in [1.807, 2.05) is 12.3 Å². The second-order valence-corrected chi connectivity index (χ2v) is 5.60. The molecule has 20 heavy (non-hydrogen) atoms. The van der Waals surface area contributed by atoms with Crippen molar-refractivity contribution in [3.63, 3.8) is 0 Å². The van der Waals surface area contributed by atoms with Crippen LogP contribution in [0.2, 0.25) is 0 Å². The predicted molar refractivity (Wildman–Crippen MR) is 79.4 cm³/mol. The number of amides is 1. The standard InChI is InChI=1S/C13H18N4O2S/c1-9-7-20-12-11(9)15-8-17(13(12)19)6-4-2-3-5-10(18)16-14/h7-8H,2-6,14H2,1H3,(H,16,18). The van der Waals surface area contributed by atoms with Crippen LogP contribution in [-0.2, 0) is 11.3 Å². The SMILES string of the molecule is Cc1csc2c(=O)n(CCCCCC(=O)NN)cnc12. The molecule has 0 radical (unpaired) electrons. The maximum Gasteiger partial charge on any atom is 0.271 e. The molecule has 2 aromatic rings. The minimum atomic E-state index is -0.153. The number of aryl methyl sites for hydroxylation is 2. The van der Waals surface area contributed by atoms with Crippen LogP contribution < -0.4 is 16.8 Å². The average molecular weight is 294 g/mol. The van der Waals surface area contributed by atoms with Crippen LogP contribution in [0.15, 0.2) is 16.5 Å². The second-order valence-electron chi connectivity index (χ2n) is 4.72. The molecule has 0 bridgehead atoms. The summed E-state index contributed by atoms with van der Waals surface area (Å²) in [7, 11) is 0. The third-order valence-electron chi connectivity index (χ3n) is 3.19. The summed E-state index contributed by atoms with van der Waals surface area (Å²) in [4.78, 5) is 27.5. The van der Waals surface area contributed by atoms with Gasteiger partial charge in [0.05, 0.1) is 11.8 Å². The molecule has 108 valence electrons. The Morgan fingerprint density at radius 1 is 1.45 bits per heavy atom. The van der Waals surface area contributed by atoms with Crippen molar-refractivity contribution in [1.82, 2.24) is 15.0 Å². The van der Waals surface area contributed by atoms with Gasteiger partial charge < -0.3 is 0 Å². The van der Waals surface area contributed by atoms with Crippen molar-refractivity contribution in [2.24, 2.45) is 5.84 Å². The molecule has 6 nitrogen and oxygen atoms in total. The minimum Gasteiger partial charge on any atom is -0.298 e. The molecule has 0 fully saturated rings. The van der Waals surface area contributed by atoms with E-state index in [0.717, 1.165) is 30.3 Å². The summed E-state index contributed by atoms with van der Waals surface area (Å²) in [6.07, 6.45) is 4.52. The number of rotatable bonds is 6. The fraction of sp³-hybridized carbons (Fsp3) is 0.462. The van der Waals surface area contributed by atoms with Gasteiger partial charge in [0, 0.05) is 13.0 Å². The first-order valence-electron chi connectivity index (χ1n) is 6.56.